The molecule has 1 N–H and O–H groups in total. The Bertz CT molecular complexity index is 1230. The molecule has 2 aromatic rings. The van der Waals surface area contributed by atoms with Gasteiger partial charge in [0.25, 0.3) is 17.4 Å². The number of rotatable bonds is 9. The molecule has 11 heteroatoms. The topological polar surface area (TPSA) is 79.3 Å². The number of carbonyl (C=O) groups excluding carboxylic acids is 2. The fraction of sp³-hybridized carbons (Fsp3) is 0.517. The van der Waals surface area contributed by atoms with E-state index in [4.69, 9.17) is 21.1 Å². The molecule has 0 radical (unpaired) electrons. The van der Waals surface area contributed by atoms with E-state index in [1.54, 1.807) is 32.3 Å². The van der Waals surface area contributed by atoms with Crippen LogP contribution in [0.3, 0.4) is 0 Å². The second-order valence-corrected chi connectivity index (χ2v) is 11.1. The van der Waals surface area contributed by atoms with Gasteiger partial charge in [-0.3, -0.25) is 9.59 Å². The second-order valence-electron chi connectivity index (χ2n) is 10.7. The van der Waals surface area contributed by atoms with Crippen LogP contribution in [-0.4, -0.2) is 73.8 Å². The second kappa shape index (κ2) is 11.9. The van der Waals surface area contributed by atoms with Gasteiger partial charge in [0.05, 0.1) is 24.3 Å². The number of methoxy groups -OCH3 is 1. The van der Waals surface area contributed by atoms with Crippen LogP contribution in [0, 0.1) is 17.8 Å². The minimum absolute atomic E-state index is 0.120. The maximum atomic E-state index is 14.1. The Morgan fingerprint density at radius 1 is 1.10 bits per heavy atom. The summed E-state index contributed by atoms with van der Waals surface area (Å²) >= 11 is 6.24. The van der Waals surface area contributed by atoms with Crippen molar-refractivity contribution in [2.45, 2.75) is 37.5 Å². The average molecular weight is 583 g/mol. The summed E-state index contributed by atoms with van der Waals surface area (Å²) in [4.78, 5) is 27.8. The Labute approximate surface area is 236 Å². The van der Waals surface area contributed by atoms with Crippen molar-refractivity contribution >= 4 is 23.4 Å². The van der Waals surface area contributed by atoms with Crippen molar-refractivity contribution in [2.75, 3.05) is 40.9 Å². The third-order valence-corrected chi connectivity index (χ3v) is 8.26. The van der Waals surface area contributed by atoms with E-state index >= 15 is 0 Å². The van der Waals surface area contributed by atoms with Gasteiger partial charge in [-0.2, -0.15) is 13.2 Å². The summed E-state index contributed by atoms with van der Waals surface area (Å²) in [6.45, 7) is 0.791. The highest BCUT2D eigenvalue weighted by atomic mass is 35.5. The molecule has 2 aliphatic rings. The standard InChI is InChI=1S/C29H34ClF3N2O5/c1-34(2)26(36)23-8-7-22(17-25(23)30)40-14-11-19-15-24(19)18-9-12-35(13-10-18)27(37)28(38,29(31,32)33)20-5-4-6-21(16-20)39-3/h4-8,16-19,24,38H,9-15H2,1-3H3/t19-,24-,28?/m1/s1. The van der Waals surface area contributed by atoms with Crippen molar-refractivity contribution < 1.29 is 37.3 Å². The maximum Gasteiger partial charge on any atom is 0.430 e. The van der Waals surface area contributed by atoms with Gasteiger partial charge in [-0.15, -0.1) is 0 Å². The van der Waals surface area contributed by atoms with Crippen molar-refractivity contribution in [1.29, 1.82) is 0 Å². The van der Waals surface area contributed by atoms with Crippen molar-refractivity contribution in [2.24, 2.45) is 17.8 Å². The summed E-state index contributed by atoms with van der Waals surface area (Å²) in [7, 11) is 4.61. The molecule has 1 aliphatic carbocycles. The summed E-state index contributed by atoms with van der Waals surface area (Å²) in [5, 5.41) is 11.1. The number of likely N-dealkylation sites (tertiary alicyclic amines) is 1. The molecule has 2 aromatic carbocycles. The van der Waals surface area contributed by atoms with Gasteiger partial charge in [-0.25, -0.2) is 0 Å². The van der Waals surface area contributed by atoms with E-state index in [1.165, 1.54) is 24.1 Å². The normalized spacial score (nSPS) is 20.9. The molecule has 1 unspecified atom stereocenters. The first-order chi connectivity index (χ1) is 18.9. The smallest absolute Gasteiger partial charge is 0.430 e. The van der Waals surface area contributed by atoms with Crippen molar-refractivity contribution in [3.8, 4) is 11.5 Å². The molecule has 1 saturated carbocycles. The van der Waals surface area contributed by atoms with Crippen molar-refractivity contribution in [3.05, 3.63) is 58.6 Å². The Morgan fingerprint density at radius 3 is 2.40 bits per heavy atom. The summed E-state index contributed by atoms with van der Waals surface area (Å²) in [6.07, 6.45) is -2.20. The van der Waals surface area contributed by atoms with Crippen molar-refractivity contribution in [1.82, 2.24) is 9.80 Å². The zero-order valence-electron chi connectivity index (χ0n) is 22.7. The Kier molecular flexibility index (Phi) is 8.89. The van der Waals surface area contributed by atoms with Gasteiger partial charge >= 0.3 is 6.18 Å². The molecule has 0 aromatic heterocycles. The lowest BCUT2D eigenvalue weighted by molar-refractivity contribution is -0.262. The van der Waals surface area contributed by atoms with Crippen molar-refractivity contribution in [3.63, 3.8) is 0 Å². The molecule has 1 aliphatic heterocycles. The van der Waals surface area contributed by atoms with Crippen LogP contribution in [0.2, 0.25) is 5.02 Å². The van der Waals surface area contributed by atoms with Gasteiger partial charge < -0.3 is 24.4 Å². The molecule has 2 amide bonds. The highest BCUT2D eigenvalue weighted by Gasteiger charge is 2.62. The van der Waals surface area contributed by atoms with E-state index in [2.05, 4.69) is 0 Å². The molecular weight excluding hydrogens is 549 g/mol. The molecule has 1 heterocycles. The largest absolute Gasteiger partial charge is 0.497 e. The number of hydrogen-bond donors (Lipinski definition) is 1. The lowest BCUT2D eigenvalue weighted by Gasteiger charge is -2.38. The van der Waals surface area contributed by atoms with E-state index in [9.17, 15) is 27.9 Å². The number of amides is 2. The highest BCUT2D eigenvalue weighted by molar-refractivity contribution is 6.34. The predicted molar refractivity (Wildman–Crippen MR) is 143 cm³/mol. The molecule has 40 heavy (non-hydrogen) atoms. The first-order valence-electron chi connectivity index (χ1n) is 13.2. The van der Waals surface area contributed by atoms with Gasteiger partial charge in [0.1, 0.15) is 11.5 Å². The van der Waals surface area contributed by atoms with Crippen LogP contribution in [-0.2, 0) is 10.4 Å². The first-order valence-corrected chi connectivity index (χ1v) is 13.6. The van der Waals surface area contributed by atoms with E-state index < -0.39 is 23.2 Å². The number of alkyl halides is 3. The molecule has 0 spiro atoms. The summed E-state index contributed by atoms with van der Waals surface area (Å²) in [5.74, 6) is 0.339. The molecule has 4 rings (SSSR count). The molecule has 218 valence electrons. The molecule has 1 saturated heterocycles. The van der Waals surface area contributed by atoms with Gasteiger partial charge in [0.2, 0.25) is 0 Å². The van der Waals surface area contributed by atoms with Gasteiger partial charge in [0, 0.05) is 32.7 Å². The van der Waals surface area contributed by atoms with Crippen LogP contribution >= 0.6 is 11.6 Å². The lowest BCUT2D eigenvalue weighted by Crippen LogP contribution is -2.57. The predicted octanol–water partition coefficient (Wildman–Crippen LogP) is 5.14. The third kappa shape index (κ3) is 6.17. The molecule has 3 atom stereocenters. The number of hydrogen-bond acceptors (Lipinski definition) is 5. The quantitative estimate of drug-likeness (QED) is 0.443. The number of carbonyl (C=O) groups is 2. The monoisotopic (exact) mass is 582 g/mol. The highest BCUT2D eigenvalue weighted by Crippen LogP contribution is 2.50. The van der Waals surface area contributed by atoms with E-state index in [0.717, 1.165) is 29.9 Å². The summed E-state index contributed by atoms with van der Waals surface area (Å²) < 4.78 is 53.1. The van der Waals surface area contributed by atoms with Crippen LogP contribution < -0.4 is 9.47 Å². The van der Waals surface area contributed by atoms with Gasteiger partial charge in [-0.05, 0) is 73.8 Å². The number of ether oxygens (including phenoxy) is 2. The van der Waals surface area contributed by atoms with E-state index in [0.29, 0.717) is 53.5 Å². The summed E-state index contributed by atoms with van der Waals surface area (Å²) in [5.41, 5.74) is -3.80. The molecule has 7 nitrogen and oxygen atoms in total. The fourth-order valence-electron chi connectivity index (χ4n) is 5.52. The molecule has 2 fully saturated rings. The Hall–Kier alpha value is -2.98. The number of benzene rings is 2. The lowest BCUT2D eigenvalue weighted by atomic mass is 9.87. The number of aliphatic hydroxyl groups is 1. The zero-order chi connectivity index (χ0) is 29.2. The number of halogens is 4. The van der Waals surface area contributed by atoms with Crippen LogP contribution in [0.5, 0.6) is 11.5 Å². The SMILES string of the molecule is COc1cccc(C(O)(C(=O)N2CCC([C@H]3C[C@H]3CCOc3ccc(C(=O)N(C)C)c(Cl)c3)CC2)C(F)(F)F)c1. The summed E-state index contributed by atoms with van der Waals surface area (Å²) in [6, 6.07) is 9.88. The minimum Gasteiger partial charge on any atom is -0.497 e. The van der Waals surface area contributed by atoms with Crippen LogP contribution in [0.25, 0.3) is 0 Å². The zero-order valence-corrected chi connectivity index (χ0v) is 23.5. The number of piperidine rings is 1. The maximum absolute atomic E-state index is 14.1. The van der Waals surface area contributed by atoms with E-state index in [1.807, 2.05) is 0 Å². The van der Waals surface area contributed by atoms with E-state index in [-0.39, 0.29) is 24.7 Å². The average Bonchev–Trinajstić information content (AvgIpc) is 3.71. The van der Waals surface area contributed by atoms with Gasteiger partial charge in [-0.1, -0.05) is 23.7 Å². The third-order valence-electron chi connectivity index (χ3n) is 7.95. The minimum atomic E-state index is -5.19. The Balaban J connectivity index is 1.28. The van der Waals surface area contributed by atoms with Crippen LogP contribution in [0.4, 0.5) is 13.2 Å². The molecular formula is C29H34ClF3N2O5. The first kappa shape index (κ1) is 30.0. The van der Waals surface area contributed by atoms with Gasteiger partial charge in [0.15, 0.2) is 0 Å². The fourth-order valence-corrected chi connectivity index (χ4v) is 5.78. The van der Waals surface area contributed by atoms with Crippen LogP contribution in [0.1, 0.15) is 41.6 Å². The van der Waals surface area contributed by atoms with Crippen LogP contribution in [0.15, 0.2) is 42.5 Å². The Morgan fingerprint density at radius 2 is 1.80 bits per heavy atom. The number of nitrogens with zero attached hydrogens (tertiary/aromatic N) is 2. The molecule has 0 bridgehead atoms.